The van der Waals surface area contributed by atoms with Crippen molar-refractivity contribution in [2.45, 2.75) is 32.5 Å². The number of methoxy groups -OCH3 is 1. The van der Waals surface area contributed by atoms with Gasteiger partial charge in [-0.25, -0.2) is 14.8 Å². The van der Waals surface area contributed by atoms with Gasteiger partial charge in [-0.3, -0.25) is 0 Å². The Morgan fingerprint density at radius 3 is 2.61 bits per heavy atom. The predicted molar refractivity (Wildman–Crippen MR) is 120 cm³/mol. The number of anilines is 3. The van der Waals surface area contributed by atoms with Gasteiger partial charge in [0.25, 0.3) is 0 Å². The van der Waals surface area contributed by atoms with Crippen molar-refractivity contribution in [2.75, 3.05) is 48.9 Å². The fourth-order valence-corrected chi connectivity index (χ4v) is 3.47. The Hall–Kier alpha value is -3.08. The quantitative estimate of drug-likeness (QED) is 0.507. The summed E-state index contributed by atoms with van der Waals surface area (Å²) in [5.41, 5.74) is 0.0821. The average molecular weight is 467 g/mol. The van der Waals surface area contributed by atoms with Gasteiger partial charge in [0.05, 0.1) is 18.5 Å². The zero-order valence-electron chi connectivity index (χ0n) is 18.7. The van der Waals surface area contributed by atoms with E-state index in [4.69, 9.17) is 4.74 Å². The van der Waals surface area contributed by atoms with E-state index in [9.17, 15) is 18.0 Å². The molecule has 0 atom stereocenters. The van der Waals surface area contributed by atoms with E-state index >= 15 is 0 Å². The molecule has 11 heteroatoms. The lowest BCUT2D eigenvalue weighted by molar-refractivity contribution is -0.141. The summed E-state index contributed by atoms with van der Waals surface area (Å²) in [5, 5.41) is 8.43. The van der Waals surface area contributed by atoms with Gasteiger partial charge in [0.15, 0.2) is 0 Å². The second-order valence-corrected chi connectivity index (χ2v) is 8.01. The van der Waals surface area contributed by atoms with E-state index < -0.39 is 17.9 Å². The minimum absolute atomic E-state index is 0.0441. The maximum absolute atomic E-state index is 13.2. The number of alkyl halides is 3. The third-order valence-electron chi connectivity index (χ3n) is 5.40. The number of ether oxygens (including phenoxy) is 1. The molecule has 2 aromatic heterocycles. The first kappa shape index (κ1) is 24.6. The van der Waals surface area contributed by atoms with Gasteiger partial charge in [0, 0.05) is 38.9 Å². The Balaban J connectivity index is 1.63. The first-order chi connectivity index (χ1) is 15.8. The topological polar surface area (TPSA) is 91.4 Å². The Morgan fingerprint density at radius 2 is 1.97 bits per heavy atom. The summed E-state index contributed by atoms with van der Waals surface area (Å²) in [6, 6.07) is 5.26. The maximum Gasteiger partial charge on any atom is 0.433 e. The zero-order chi connectivity index (χ0) is 23.8. The molecule has 0 bridgehead atoms. The van der Waals surface area contributed by atoms with Crippen LogP contribution in [0.15, 0.2) is 30.5 Å². The Morgan fingerprint density at radius 1 is 1.21 bits per heavy atom. The molecule has 0 spiro atoms. The van der Waals surface area contributed by atoms with Crippen LogP contribution in [0.4, 0.5) is 35.3 Å². The van der Waals surface area contributed by atoms with Crippen molar-refractivity contribution < 1.29 is 22.7 Å². The summed E-state index contributed by atoms with van der Waals surface area (Å²) >= 11 is 0. The standard InChI is InChI=1S/C22H29F3N6O2/c1-15-7-10-31(11-8-15)20-16(3-5-18(30-20)22(23,24)25)13-28-21(32)29-17-4-6-19(27-14-17)26-9-12-33-2/h3-6,14-15H,7-13H2,1-2H3,(H,26,27)(H2,28,29,32). The van der Waals surface area contributed by atoms with Crippen LogP contribution >= 0.6 is 0 Å². The number of hydrogen-bond acceptors (Lipinski definition) is 6. The van der Waals surface area contributed by atoms with Crippen LogP contribution in [0.3, 0.4) is 0 Å². The second kappa shape index (κ2) is 11.2. The molecule has 1 fully saturated rings. The van der Waals surface area contributed by atoms with Crippen molar-refractivity contribution in [3.63, 3.8) is 0 Å². The molecule has 3 N–H and O–H groups in total. The van der Waals surface area contributed by atoms with E-state index in [1.807, 2.05) is 4.90 Å². The Kier molecular flexibility index (Phi) is 8.32. The summed E-state index contributed by atoms with van der Waals surface area (Å²) in [7, 11) is 1.61. The number of rotatable bonds is 8. The number of hydrogen-bond donors (Lipinski definition) is 3. The van der Waals surface area contributed by atoms with Crippen molar-refractivity contribution in [3.05, 3.63) is 41.7 Å². The molecule has 8 nitrogen and oxygen atoms in total. The normalized spacial score (nSPS) is 14.8. The highest BCUT2D eigenvalue weighted by molar-refractivity contribution is 5.89. The molecule has 0 aliphatic carbocycles. The third-order valence-corrected chi connectivity index (χ3v) is 5.40. The van der Waals surface area contributed by atoms with E-state index in [1.54, 1.807) is 19.2 Å². The van der Waals surface area contributed by atoms with Crippen LogP contribution in [0.25, 0.3) is 0 Å². The summed E-state index contributed by atoms with van der Waals surface area (Å²) in [5.74, 6) is 1.44. The largest absolute Gasteiger partial charge is 0.433 e. The van der Waals surface area contributed by atoms with Gasteiger partial charge >= 0.3 is 12.2 Å². The number of carbonyl (C=O) groups is 1. The summed E-state index contributed by atoms with van der Waals surface area (Å²) in [4.78, 5) is 22.3. The number of nitrogens with one attached hydrogen (secondary N) is 3. The number of carbonyl (C=O) groups excluding carboxylic acids is 1. The zero-order valence-corrected chi connectivity index (χ0v) is 18.7. The highest BCUT2D eigenvalue weighted by Gasteiger charge is 2.34. The molecular formula is C22H29F3N6O2. The number of nitrogens with zero attached hydrogens (tertiary/aromatic N) is 3. The third kappa shape index (κ3) is 7.21. The van der Waals surface area contributed by atoms with E-state index in [-0.39, 0.29) is 12.4 Å². The lowest BCUT2D eigenvalue weighted by Crippen LogP contribution is -2.35. The number of aromatic nitrogens is 2. The number of urea groups is 1. The molecule has 3 rings (SSSR count). The first-order valence-corrected chi connectivity index (χ1v) is 10.8. The van der Waals surface area contributed by atoms with Crippen LogP contribution in [0.2, 0.25) is 0 Å². The molecule has 0 saturated carbocycles. The molecule has 0 radical (unpaired) electrons. The van der Waals surface area contributed by atoms with E-state index in [1.165, 1.54) is 12.3 Å². The molecule has 0 aromatic carbocycles. The van der Waals surface area contributed by atoms with Gasteiger partial charge in [0.1, 0.15) is 17.3 Å². The highest BCUT2D eigenvalue weighted by Crippen LogP contribution is 2.32. The van der Waals surface area contributed by atoms with Crippen LogP contribution in [0.1, 0.15) is 31.0 Å². The average Bonchev–Trinajstić information content (AvgIpc) is 2.79. The predicted octanol–water partition coefficient (Wildman–Crippen LogP) is 4.11. The van der Waals surface area contributed by atoms with E-state index in [0.29, 0.717) is 49.2 Å². The molecular weight excluding hydrogens is 437 g/mol. The molecule has 2 aromatic rings. The smallest absolute Gasteiger partial charge is 0.383 e. The molecule has 33 heavy (non-hydrogen) atoms. The lowest BCUT2D eigenvalue weighted by atomic mass is 9.99. The number of amides is 2. The van der Waals surface area contributed by atoms with Gasteiger partial charge in [-0.2, -0.15) is 13.2 Å². The van der Waals surface area contributed by atoms with Crippen LogP contribution in [0.5, 0.6) is 0 Å². The van der Waals surface area contributed by atoms with Crippen molar-refractivity contribution >= 4 is 23.4 Å². The fourth-order valence-electron chi connectivity index (χ4n) is 3.47. The van der Waals surface area contributed by atoms with Gasteiger partial charge in [-0.15, -0.1) is 0 Å². The van der Waals surface area contributed by atoms with Gasteiger partial charge < -0.3 is 25.6 Å². The molecule has 2 amide bonds. The molecule has 1 aliphatic rings. The van der Waals surface area contributed by atoms with Gasteiger partial charge in [-0.1, -0.05) is 13.0 Å². The van der Waals surface area contributed by atoms with Gasteiger partial charge in [-0.05, 0) is 37.0 Å². The van der Waals surface area contributed by atoms with Crippen LogP contribution in [-0.4, -0.2) is 49.4 Å². The molecule has 1 aliphatic heterocycles. The van der Waals surface area contributed by atoms with Crippen LogP contribution in [0, 0.1) is 5.92 Å². The van der Waals surface area contributed by atoms with Crippen molar-refractivity contribution in [1.82, 2.24) is 15.3 Å². The summed E-state index contributed by atoms with van der Waals surface area (Å²) < 4.78 is 44.6. The Bertz CT molecular complexity index is 915. The Labute approximate surface area is 190 Å². The molecule has 180 valence electrons. The molecule has 0 unspecified atom stereocenters. The van der Waals surface area contributed by atoms with Crippen LogP contribution < -0.4 is 20.9 Å². The number of piperidine rings is 1. The van der Waals surface area contributed by atoms with Crippen molar-refractivity contribution in [2.24, 2.45) is 5.92 Å². The molecule has 1 saturated heterocycles. The maximum atomic E-state index is 13.2. The minimum atomic E-state index is -4.53. The van der Waals surface area contributed by atoms with E-state index in [0.717, 1.165) is 18.9 Å². The highest BCUT2D eigenvalue weighted by atomic mass is 19.4. The number of halogens is 3. The summed E-state index contributed by atoms with van der Waals surface area (Å²) in [6.07, 6.45) is -1.25. The SMILES string of the molecule is COCCNc1ccc(NC(=O)NCc2ccc(C(F)(F)F)nc2N2CCC(C)CC2)cn1. The lowest BCUT2D eigenvalue weighted by Gasteiger charge is -2.33. The monoisotopic (exact) mass is 466 g/mol. The second-order valence-electron chi connectivity index (χ2n) is 8.01. The first-order valence-electron chi connectivity index (χ1n) is 10.8. The number of pyridine rings is 2. The fraction of sp³-hybridized carbons (Fsp3) is 0.500. The minimum Gasteiger partial charge on any atom is -0.383 e. The van der Waals surface area contributed by atoms with Crippen molar-refractivity contribution in [3.8, 4) is 0 Å². The van der Waals surface area contributed by atoms with Crippen LogP contribution in [-0.2, 0) is 17.5 Å². The van der Waals surface area contributed by atoms with Gasteiger partial charge in [0.2, 0.25) is 0 Å². The molecule has 3 heterocycles. The van der Waals surface area contributed by atoms with E-state index in [2.05, 4.69) is 32.8 Å². The van der Waals surface area contributed by atoms with Crippen molar-refractivity contribution in [1.29, 1.82) is 0 Å². The summed E-state index contributed by atoms with van der Waals surface area (Å²) in [6.45, 7) is 4.58.